The van der Waals surface area contributed by atoms with Crippen molar-refractivity contribution in [1.82, 2.24) is 10.2 Å². The van der Waals surface area contributed by atoms with Crippen molar-refractivity contribution in [3.8, 4) is 0 Å². The second-order valence-corrected chi connectivity index (χ2v) is 6.07. The largest absolute Gasteiger partial charge is 0.313 e. The molecule has 0 radical (unpaired) electrons. The Morgan fingerprint density at radius 2 is 1.94 bits per heavy atom. The van der Waals surface area contributed by atoms with E-state index in [1.165, 1.54) is 32.4 Å². The van der Waals surface area contributed by atoms with Crippen LogP contribution in [0.5, 0.6) is 0 Å². The lowest BCUT2D eigenvalue weighted by Gasteiger charge is -2.42. The van der Waals surface area contributed by atoms with Crippen LogP contribution in [0.4, 0.5) is 0 Å². The summed E-state index contributed by atoms with van der Waals surface area (Å²) in [7, 11) is 0. The summed E-state index contributed by atoms with van der Waals surface area (Å²) in [5.74, 6) is 1.72. The van der Waals surface area contributed by atoms with Crippen LogP contribution in [0.15, 0.2) is 0 Å². The van der Waals surface area contributed by atoms with Gasteiger partial charge >= 0.3 is 0 Å². The molecule has 1 fully saturated rings. The first kappa shape index (κ1) is 15.0. The number of rotatable bonds is 6. The topological polar surface area (TPSA) is 15.3 Å². The Bertz CT molecular complexity index is 205. The average Bonchev–Trinajstić information content (AvgIpc) is 2.30. The van der Waals surface area contributed by atoms with Crippen molar-refractivity contribution < 1.29 is 0 Å². The van der Waals surface area contributed by atoms with Gasteiger partial charge in [0.2, 0.25) is 0 Å². The van der Waals surface area contributed by atoms with Gasteiger partial charge in [-0.15, -0.1) is 0 Å². The molecule has 1 saturated heterocycles. The van der Waals surface area contributed by atoms with E-state index in [0.717, 1.165) is 24.4 Å². The number of piperidine rings is 1. The van der Waals surface area contributed by atoms with Crippen LogP contribution in [0.25, 0.3) is 0 Å². The van der Waals surface area contributed by atoms with Crippen molar-refractivity contribution in [2.24, 2.45) is 11.8 Å². The standard InChI is InChI=1S/C15H32N2/c1-6-8-16-15(7-2)11-17-10-12(3)9-13(4)14(17)5/h12-16H,6-11H2,1-5H3. The molecular weight excluding hydrogens is 208 g/mol. The van der Waals surface area contributed by atoms with E-state index in [1.807, 2.05) is 0 Å². The van der Waals surface area contributed by atoms with Crippen LogP contribution in [0, 0.1) is 11.8 Å². The van der Waals surface area contributed by atoms with Crippen LogP contribution in [0.3, 0.4) is 0 Å². The summed E-state index contributed by atoms with van der Waals surface area (Å²) >= 11 is 0. The van der Waals surface area contributed by atoms with Crippen LogP contribution < -0.4 is 5.32 Å². The predicted molar refractivity (Wildman–Crippen MR) is 76.4 cm³/mol. The van der Waals surface area contributed by atoms with E-state index in [0.29, 0.717) is 6.04 Å². The summed E-state index contributed by atoms with van der Waals surface area (Å²) in [5.41, 5.74) is 0. The Kier molecular flexibility index (Phi) is 6.50. The first-order valence-electron chi connectivity index (χ1n) is 7.55. The summed E-state index contributed by atoms with van der Waals surface area (Å²) in [4.78, 5) is 2.70. The van der Waals surface area contributed by atoms with Crippen molar-refractivity contribution in [3.63, 3.8) is 0 Å². The van der Waals surface area contributed by atoms with Gasteiger partial charge in [0, 0.05) is 25.2 Å². The Morgan fingerprint density at radius 3 is 2.53 bits per heavy atom. The fourth-order valence-corrected chi connectivity index (χ4v) is 3.04. The third-order valence-electron chi connectivity index (χ3n) is 4.35. The van der Waals surface area contributed by atoms with E-state index in [4.69, 9.17) is 0 Å². The van der Waals surface area contributed by atoms with Gasteiger partial charge < -0.3 is 5.32 Å². The molecule has 0 aliphatic carbocycles. The quantitative estimate of drug-likeness (QED) is 0.767. The minimum Gasteiger partial charge on any atom is -0.313 e. The van der Waals surface area contributed by atoms with Gasteiger partial charge in [-0.25, -0.2) is 0 Å². The van der Waals surface area contributed by atoms with Crippen molar-refractivity contribution in [1.29, 1.82) is 0 Å². The van der Waals surface area contributed by atoms with Gasteiger partial charge in [0.1, 0.15) is 0 Å². The smallest absolute Gasteiger partial charge is 0.0192 e. The van der Waals surface area contributed by atoms with Crippen molar-refractivity contribution in [3.05, 3.63) is 0 Å². The fourth-order valence-electron chi connectivity index (χ4n) is 3.04. The Morgan fingerprint density at radius 1 is 1.24 bits per heavy atom. The van der Waals surface area contributed by atoms with Crippen LogP contribution in [0.1, 0.15) is 53.9 Å². The highest BCUT2D eigenvalue weighted by Crippen LogP contribution is 2.26. The summed E-state index contributed by atoms with van der Waals surface area (Å²) < 4.78 is 0. The maximum Gasteiger partial charge on any atom is 0.0192 e. The third kappa shape index (κ3) is 4.59. The van der Waals surface area contributed by atoms with E-state index in [-0.39, 0.29) is 0 Å². The molecule has 0 bridgehead atoms. The number of nitrogens with one attached hydrogen (secondary N) is 1. The summed E-state index contributed by atoms with van der Waals surface area (Å²) in [5, 5.41) is 3.67. The molecule has 17 heavy (non-hydrogen) atoms. The summed E-state index contributed by atoms with van der Waals surface area (Å²) in [6.45, 7) is 15.4. The van der Waals surface area contributed by atoms with Gasteiger partial charge in [-0.05, 0) is 44.6 Å². The van der Waals surface area contributed by atoms with Crippen molar-refractivity contribution >= 4 is 0 Å². The van der Waals surface area contributed by atoms with Gasteiger partial charge in [-0.2, -0.15) is 0 Å². The molecule has 0 aromatic rings. The molecule has 0 saturated carbocycles. The highest BCUT2D eigenvalue weighted by Gasteiger charge is 2.29. The molecule has 0 aromatic carbocycles. The zero-order valence-electron chi connectivity index (χ0n) is 12.5. The van der Waals surface area contributed by atoms with Crippen LogP contribution in [-0.4, -0.2) is 36.6 Å². The molecule has 1 aliphatic rings. The van der Waals surface area contributed by atoms with E-state index in [1.54, 1.807) is 0 Å². The lowest BCUT2D eigenvalue weighted by molar-refractivity contribution is 0.0698. The van der Waals surface area contributed by atoms with E-state index in [2.05, 4.69) is 44.8 Å². The van der Waals surface area contributed by atoms with Gasteiger partial charge in [0.25, 0.3) is 0 Å². The van der Waals surface area contributed by atoms with Crippen LogP contribution in [0.2, 0.25) is 0 Å². The highest BCUT2D eigenvalue weighted by atomic mass is 15.2. The molecule has 0 spiro atoms. The molecule has 102 valence electrons. The van der Waals surface area contributed by atoms with Gasteiger partial charge in [-0.1, -0.05) is 27.7 Å². The van der Waals surface area contributed by atoms with Crippen LogP contribution in [-0.2, 0) is 0 Å². The first-order chi connectivity index (χ1) is 8.08. The van der Waals surface area contributed by atoms with Gasteiger partial charge in [0.05, 0.1) is 0 Å². The van der Waals surface area contributed by atoms with Gasteiger partial charge in [-0.3, -0.25) is 4.90 Å². The lowest BCUT2D eigenvalue weighted by atomic mass is 9.85. The van der Waals surface area contributed by atoms with E-state index < -0.39 is 0 Å². The second kappa shape index (κ2) is 7.38. The summed E-state index contributed by atoms with van der Waals surface area (Å²) in [6, 6.07) is 1.43. The van der Waals surface area contributed by atoms with Crippen molar-refractivity contribution in [2.75, 3.05) is 19.6 Å². The van der Waals surface area contributed by atoms with Crippen LogP contribution >= 0.6 is 0 Å². The first-order valence-corrected chi connectivity index (χ1v) is 7.55. The molecule has 2 nitrogen and oxygen atoms in total. The van der Waals surface area contributed by atoms with Crippen molar-refractivity contribution in [2.45, 2.75) is 66.0 Å². The zero-order chi connectivity index (χ0) is 12.8. The number of hydrogen-bond acceptors (Lipinski definition) is 2. The summed E-state index contributed by atoms with van der Waals surface area (Å²) in [6.07, 6.45) is 3.88. The third-order valence-corrected chi connectivity index (χ3v) is 4.35. The lowest BCUT2D eigenvalue weighted by Crippen LogP contribution is -2.51. The average molecular weight is 240 g/mol. The SMILES string of the molecule is CCCNC(CC)CN1CC(C)CC(C)C1C. The molecule has 4 atom stereocenters. The molecule has 1 N–H and O–H groups in total. The molecule has 1 rings (SSSR count). The number of nitrogens with zero attached hydrogens (tertiary/aromatic N) is 1. The molecule has 0 amide bonds. The molecule has 1 heterocycles. The minimum absolute atomic E-state index is 0.676. The molecule has 2 heteroatoms. The Labute approximate surface area is 108 Å². The molecule has 4 unspecified atom stereocenters. The maximum atomic E-state index is 3.67. The molecule has 0 aromatic heterocycles. The molecular formula is C15H32N2. The minimum atomic E-state index is 0.676. The zero-order valence-corrected chi connectivity index (χ0v) is 12.5. The Balaban J connectivity index is 2.46. The van der Waals surface area contributed by atoms with E-state index >= 15 is 0 Å². The predicted octanol–water partition coefficient (Wildman–Crippen LogP) is 3.13. The second-order valence-electron chi connectivity index (χ2n) is 6.07. The number of likely N-dealkylation sites (tertiary alicyclic amines) is 1. The fraction of sp³-hybridized carbons (Fsp3) is 1.00. The Hall–Kier alpha value is -0.0800. The van der Waals surface area contributed by atoms with Gasteiger partial charge in [0.15, 0.2) is 0 Å². The molecule has 1 aliphatic heterocycles. The van der Waals surface area contributed by atoms with E-state index in [9.17, 15) is 0 Å². The number of hydrogen-bond donors (Lipinski definition) is 1. The normalized spacial score (nSPS) is 32.6. The monoisotopic (exact) mass is 240 g/mol. The maximum absolute atomic E-state index is 3.67. The highest BCUT2D eigenvalue weighted by molar-refractivity contribution is 4.84.